The third-order valence-electron chi connectivity index (χ3n) is 1.95. The second-order valence-electron chi connectivity index (χ2n) is 3.69. The van der Waals surface area contributed by atoms with Crippen LogP contribution in [-0.4, -0.2) is 22.0 Å². The van der Waals surface area contributed by atoms with E-state index in [-0.39, 0.29) is 17.5 Å². The normalized spacial score (nSPS) is 10.4. The van der Waals surface area contributed by atoms with Crippen LogP contribution >= 0.6 is 0 Å². The highest BCUT2D eigenvalue weighted by Gasteiger charge is 2.16. The first-order chi connectivity index (χ1) is 6.91. The van der Waals surface area contributed by atoms with Gasteiger partial charge in [-0.2, -0.15) is 0 Å². The van der Waals surface area contributed by atoms with E-state index in [2.05, 4.69) is 10.3 Å². The van der Waals surface area contributed by atoms with E-state index in [1.54, 1.807) is 26.8 Å². The summed E-state index contributed by atoms with van der Waals surface area (Å²) in [6, 6.07) is 1.60. The lowest BCUT2D eigenvalue weighted by Crippen LogP contribution is -2.19. The fourth-order valence-electron chi connectivity index (χ4n) is 1.13. The van der Waals surface area contributed by atoms with Crippen molar-refractivity contribution in [3.05, 3.63) is 17.5 Å². The monoisotopic (exact) mass is 210 g/mol. The van der Waals surface area contributed by atoms with E-state index in [0.29, 0.717) is 11.4 Å². The zero-order valence-electron chi connectivity index (χ0n) is 8.92. The maximum atomic E-state index is 11.4. The van der Waals surface area contributed by atoms with E-state index >= 15 is 0 Å². The summed E-state index contributed by atoms with van der Waals surface area (Å²) in [4.78, 5) is 24.9. The van der Waals surface area contributed by atoms with Crippen molar-refractivity contribution in [3.8, 4) is 0 Å². The maximum Gasteiger partial charge on any atom is 0.354 e. The average molecular weight is 210 g/mol. The molecule has 1 aromatic rings. The number of nitrogens with one attached hydrogen (secondary N) is 2. The minimum Gasteiger partial charge on any atom is -0.477 e. The van der Waals surface area contributed by atoms with E-state index in [4.69, 9.17) is 5.11 Å². The molecule has 0 atom stereocenters. The van der Waals surface area contributed by atoms with Gasteiger partial charge in [0.25, 0.3) is 0 Å². The first-order valence-corrected chi connectivity index (χ1v) is 4.65. The largest absolute Gasteiger partial charge is 0.477 e. The Balaban J connectivity index is 2.94. The van der Waals surface area contributed by atoms with E-state index < -0.39 is 5.97 Å². The third-order valence-corrected chi connectivity index (χ3v) is 1.95. The van der Waals surface area contributed by atoms with Gasteiger partial charge in [0.2, 0.25) is 5.91 Å². The molecular formula is C10H14N2O3. The predicted octanol–water partition coefficient (Wildman–Crippen LogP) is 1.62. The van der Waals surface area contributed by atoms with Crippen molar-refractivity contribution in [3.63, 3.8) is 0 Å². The summed E-state index contributed by atoms with van der Waals surface area (Å²) in [5.41, 5.74) is 1.03. The molecule has 5 heteroatoms. The summed E-state index contributed by atoms with van der Waals surface area (Å²) in [6.45, 7) is 5.22. The van der Waals surface area contributed by atoms with Crippen LogP contribution in [0.15, 0.2) is 6.07 Å². The second kappa shape index (κ2) is 4.16. The Kier molecular flexibility index (Phi) is 3.14. The van der Waals surface area contributed by atoms with Crippen molar-refractivity contribution in [2.75, 3.05) is 5.32 Å². The summed E-state index contributed by atoms with van der Waals surface area (Å²) in [5.74, 6) is -1.46. The van der Waals surface area contributed by atoms with Crippen LogP contribution in [0.2, 0.25) is 0 Å². The Bertz CT molecular complexity index is 393. The van der Waals surface area contributed by atoms with Gasteiger partial charge < -0.3 is 15.4 Å². The van der Waals surface area contributed by atoms with Crippen molar-refractivity contribution < 1.29 is 14.7 Å². The number of carbonyl (C=O) groups is 2. The number of carbonyl (C=O) groups excluding carboxylic acids is 1. The van der Waals surface area contributed by atoms with E-state index in [0.717, 1.165) is 0 Å². The molecule has 15 heavy (non-hydrogen) atoms. The van der Waals surface area contributed by atoms with Gasteiger partial charge in [-0.3, -0.25) is 4.79 Å². The molecule has 0 saturated carbocycles. The van der Waals surface area contributed by atoms with Gasteiger partial charge >= 0.3 is 5.97 Å². The number of hydrogen-bond acceptors (Lipinski definition) is 2. The Labute approximate surface area is 87.5 Å². The highest BCUT2D eigenvalue weighted by molar-refractivity contribution is 6.00. The SMILES string of the molecule is Cc1cc(NC(=O)C(C)C)c(C(=O)O)[nH]1. The fourth-order valence-corrected chi connectivity index (χ4v) is 1.13. The molecule has 0 aromatic carbocycles. The number of amides is 1. The lowest BCUT2D eigenvalue weighted by atomic mass is 10.2. The number of carboxylic acids is 1. The fraction of sp³-hybridized carbons (Fsp3) is 0.400. The van der Waals surface area contributed by atoms with Crippen LogP contribution < -0.4 is 5.32 Å². The van der Waals surface area contributed by atoms with Gasteiger partial charge in [0, 0.05) is 11.6 Å². The van der Waals surface area contributed by atoms with Gasteiger partial charge in [0.05, 0.1) is 5.69 Å². The number of aromatic amines is 1. The topological polar surface area (TPSA) is 82.2 Å². The van der Waals surface area contributed by atoms with E-state index in [1.807, 2.05) is 0 Å². The summed E-state index contributed by atoms with van der Waals surface area (Å²) in [6.07, 6.45) is 0. The molecule has 0 aliphatic carbocycles. The molecule has 1 heterocycles. The number of rotatable bonds is 3. The Morgan fingerprint density at radius 2 is 2.07 bits per heavy atom. The van der Waals surface area contributed by atoms with Crippen molar-refractivity contribution in [2.24, 2.45) is 5.92 Å². The number of aryl methyl sites for hydroxylation is 1. The highest BCUT2D eigenvalue weighted by Crippen LogP contribution is 2.17. The van der Waals surface area contributed by atoms with Crippen molar-refractivity contribution >= 4 is 17.6 Å². The van der Waals surface area contributed by atoms with Crippen molar-refractivity contribution in [1.82, 2.24) is 4.98 Å². The molecule has 0 saturated heterocycles. The van der Waals surface area contributed by atoms with Crippen LogP contribution in [0.25, 0.3) is 0 Å². The minimum absolute atomic E-state index is 0.0153. The molecule has 0 spiro atoms. The van der Waals surface area contributed by atoms with Crippen LogP contribution in [0.3, 0.4) is 0 Å². The first kappa shape index (κ1) is 11.3. The molecular weight excluding hydrogens is 196 g/mol. The first-order valence-electron chi connectivity index (χ1n) is 4.65. The van der Waals surface area contributed by atoms with Crippen LogP contribution in [0, 0.1) is 12.8 Å². The summed E-state index contributed by atoms with van der Waals surface area (Å²) < 4.78 is 0. The number of hydrogen-bond donors (Lipinski definition) is 3. The zero-order valence-corrected chi connectivity index (χ0v) is 8.92. The predicted molar refractivity (Wildman–Crippen MR) is 56.0 cm³/mol. The van der Waals surface area contributed by atoms with Gasteiger partial charge in [0.1, 0.15) is 5.69 Å². The number of aromatic carboxylic acids is 1. The van der Waals surface area contributed by atoms with E-state index in [9.17, 15) is 9.59 Å². The van der Waals surface area contributed by atoms with Gasteiger partial charge in [-0.05, 0) is 13.0 Å². The summed E-state index contributed by atoms with van der Waals surface area (Å²) in [7, 11) is 0. The van der Waals surface area contributed by atoms with Crippen molar-refractivity contribution in [1.29, 1.82) is 0 Å². The molecule has 3 N–H and O–H groups in total. The third kappa shape index (κ3) is 2.59. The van der Waals surface area contributed by atoms with Crippen LogP contribution in [0.1, 0.15) is 30.0 Å². The molecule has 1 rings (SSSR count). The average Bonchev–Trinajstić information content (AvgIpc) is 2.46. The van der Waals surface area contributed by atoms with Gasteiger partial charge in [-0.1, -0.05) is 13.8 Å². The highest BCUT2D eigenvalue weighted by atomic mass is 16.4. The quantitative estimate of drug-likeness (QED) is 0.708. The van der Waals surface area contributed by atoms with Gasteiger partial charge in [-0.25, -0.2) is 4.79 Å². The lowest BCUT2D eigenvalue weighted by Gasteiger charge is -2.06. The van der Waals surface area contributed by atoms with Gasteiger partial charge in [-0.15, -0.1) is 0 Å². The summed E-state index contributed by atoms with van der Waals surface area (Å²) in [5, 5.41) is 11.4. The van der Waals surface area contributed by atoms with E-state index in [1.165, 1.54) is 0 Å². The zero-order chi connectivity index (χ0) is 11.6. The molecule has 0 aliphatic heterocycles. The molecule has 82 valence electrons. The van der Waals surface area contributed by atoms with Gasteiger partial charge in [0.15, 0.2) is 0 Å². The van der Waals surface area contributed by atoms with Crippen LogP contribution in [-0.2, 0) is 4.79 Å². The Morgan fingerprint density at radius 3 is 2.53 bits per heavy atom. The molecule has 0 fully saturated rings. The summed E-state index contributed by atoms with van der Waals surface area (Å²) >= 11 is 0. The Hall–Kier alpha value is -1.78. The number of anilines is 1. The molecule has 1 aromatic heterocycles. The molecule has 0 radical (unpaired) electrons. The molecule has 0 bridgehead atoms. The van der Waals surface area contributed by atoms with Crippen LogP contribution in [0.4, 0.5) is 5.69 Å². The molecule has 0 unspecified atom stereocenters. The number of aromatic nitrogens is 1. The second-order valence-corrected chi connectivity index (χ2v) is 3.69. The van der Waals surface area contributed by atoms with Crippen LogP contribution in [0.5, 0.6) is 0 Å². The number of H-pyrrole nitrogens is 1. The standard InChI is InChI=1S/C10H14N2O3/c1-5(2)9(13)12-7-4-6(3)11-8(7)10(14)15/h4-5,11H,1-3H3,(H,12,13)(H,14,15). The number of carboxylic acid groups (broad SMARTS) is 1. The molecule has 1 amide bonds. The Morgan fingerprint density at radius 1 is 1.47 bits per heavy atom. The van der Waals surface area contributed by atoms with Crippen molar-refractivity contribution in [2.45, 2.75) is 20.8 Å². The smallest absolute Gasteiger partial charge is 0.354 e. The lowest BCUT2D eigenvalue weighted by molar-refractivity contribution is -0.118. The molecule has 0 aliphatic rings. The maximum absolute atomic E-state index is 11.4. The minimum atomic E-state index is -1.08. The molecule has 5 nitrogen and oxygen atoms in total.